The number of halogens is 3. The summed E-state index contributed by atoms with van der Waals surface area (Å²) in [5.74, 6) is 0.260. The summed E-state index contributed by atoms with van der Waals surface area (Å²) in [5, 5.41) is 1.74. The van der Waals surface area contributed by atoms with Crippen molar-refractivity contribution < 1.29 is 18.0 Å². The summed E-state index contributed by atoms with van der Waals surface area (Å²) in [6.07, 6.45) is -1.02. The van der Waals surface area contributed by atoms with E-state index < -0.39 is 11.7 Å². The van der Waals surface area contributed by atoms with Gasteiger partial charge < -0.3 is 4.90 Å². The van der Waals surface area contributed by atoms with E-state index >= 15 is 0 Å². The Bertz CT molecular complexity index is 715. The first-order valence-corrected chi connectivity index (χ1v) is 9.21. The van der Waals surface area contributed by atoms with E-state index in [0.717, 1.165) is 31.9 Å². The number of amides is 1. The minimum Gasteiger partial charge on any atom is -0.337 e. The third-order valence-electron chi connectivity index (χ3n) is 4.55. The predicted molar refractivity (Wildman–Crippen MR) is 90.5 cm³/mol. The normalized spacial score (nSPS) is 18.4. The molecule has 0 radical (unpaired) electrons. The van der Waals surface area contributed by atoms with Crippen molar-refractivity contribution in [3.8, 4) is 0 Å². The second-order valence-electron chi connectivity index (χ2n) is 6.37. The van der Waals surface area contributed by atoms with Gasteiger partial charge in [0.2, 0.25) is 0 Å². The third-order valence-corrected chi connectivity index (χ3v) is 5.14. The number of piperidine rings is 1. The van der Waals surface area contributed by atoms with Gasteiger partial charge in [-0.25, -0.2) is 4.98 Å². The number of carbonyl (C=O) groups is 1. The maximum absolute atomic E-state index is 12.8. The molecule has 1 amide bonds. The van der Waals surface area contributed by atoms with E-state index in [1.807, 2.05) is 4.90 Å². The Morgan fingerprint density at radius 2 is 2.20 bits per heavy atom. The lowest BCUT2D eigenvalue weighted by atomic mass is 9.91. The molecule has 0 spiro atoms. The van der Waals surface area contributed by atoms with Crippen LogP contribution in [0.5, 0.6) is 0 Å². The first kappa shape index (κ1) is 17.9. The van der Waals surface area contributed by atoms with Gasteiger partial charge in [0.1, 0.15) is 5.69 Å². The van der Waals surface area contributed by atoms with Gasteiger partial charge in [-0.3, -0.25) is 4.79 Å². The summed E-state index contributed by atoms with van der Waals surface area (Å²) in [6.45, 7) is 1.37. The number of hydrogen-bond donors (Lipinski definition) is 0. The lowest BCUT2D eigenvalue weighted by molar-refractivity contribution is -0.137. The van der Waals surface area contributed by atoms with Crippen molar-refractivity contribution in [2.75, 3.05) is 13.1 Å². The lowest BCUT2D eigenvalue weighted by Gasteiger charge is -2.32. The van der Waals surface area contributed by atoms with Crippen molar-refractivity contribution in [1.82, 2.24) is 9.88 Å². The number of aromatic nitrogens is 1. The zero-order chi connectivity index (χ0) is 17.9. The van der Waals surface area contributed by atoms with E-state index in [-0.39, 0.29) is 5.91 Å². The van der Waals surface area contributed by atoms with Gasteiger partial charge >= 0.3 is 6.18 Å². The molecular weight excluding hydrogens is 349 g/mol. The Morgan fingerprint density at radius 3 is 2.92 bits per heavy atom. The molecule has 1 fully saturated rings. The van der Waals surface area contributed by atoms with Gasteiger partial charge in [0.25, 0.3) is 5.91 Å². The SMILES string of the molecule is O=C(c1cscn1)N1CCCC(CCc2cccc(C(F)(F)F)c2)C1. The molecule has 1 atom stereocenters. The fraction of sp³-hybridized carbons (Fsp3) is 0.444. The van der Waals surface area contributed by atoms with Crippen LogP contribution >= 0.6 is 11.3 Å². The molecule has 1 unspecified atom stereocenters. The number of carbonyl (C=O) groups excluding carboxylic acids is 1. The highest BCUT2D eigenvalue weighted by molar-refractivity contribution is 7.07. The minimum absolute atomic E-state index is 0.0509. The van der Waals surface area contributed by atoms with Crippen molar-refractivity contribution in [3.63, 3.8) is 0 Å². The number of thiazole rings is 1. The van der Waals surface area contributed by atoms with Gasteiger partial charge in [0.15, 0.2) is 0 Å². The molecule has 0 saturated carbocycles. The number of likely N-dealkylation sites (tertiary alicyclic amines) is 1. The van der Waals surface area contributed by atoms with Crippen LogP contribution < -0.4 is 0 Å². The van der Waals surface area contributed by atoms with Crippen LogP contribution in [0.15, 0.2) is 35.2 Å². The maximum Gasteiger partial charge on any atom is 0.416 e. The number of hydrogen-bond acceptors (Lipinski definition) is 3. The highest BCUT2D eigenvalue weighted by atomic mass is 32.1. The summed E-state index contributed by atoms with van der Waals surface area (Å²) in [5.41, 5.74) is 2.21. The second kappa shape index (κ2) is 7.56. The van der Waals surface area contributed by atoms with E-state index in [1.165, 1.54) is 23.5 Å². The first-order chi connectivity index (χ1) is 11.9. The monoisotopic (exact) mass is 368 g/mol. The summed E-state index contributed by atoms with van der Waals surface area (Å²) in [6, 6.07) is 5.51. The van der Waals surface area contributed by atoms with Crippen LogP contribution in [0.1, 0.15) is 40.9 Å². The highest BCUT2D eigenvalue weighted by Crippen LogP contribution is 2.30. The Balaban J connectivity index is 1.57. The van der Waals surface area contributed by atoms with Gasteiger partial charge in [-0.15, -0.1) is 11.3 Å². The minimum atomic E-state index is -4.31. The molecule has 25 heavy (non-hydrogen) atoms. The summed E-state index contributed by atoms with van der Waals surface area (Å²) in [7, 11) is 0. The van der Waals surface area contributed by atoms with Crippen LogP contribution in [0.3, 0.4) is 0 Å². The molecule has 1 aliphatic rings. The first-order valence-electron chi connectivity index (χ1n) is 8.27. The molecule has 134 valence electrons. The number of rotatable bonds is 4. The molecule has 1 aromatic heterocycles. The van der Waals surface area contributed by atoms with Gasteiger partial charge in [0, 0.05) is 18.5 Å². The Kier molecular flexibility index (Phi) is 5.42. The van der Waals surface area contributed by atoms with E-state index in [4.69, 9.17) is 0 Å². The van der Waals surface area contributed by atoms with Crippen LogP contribution in [0.25, 0.3) is 0 Å². The molecule has 2 heterocycles. The Morgan fingerprint density at radius 1 is 1.36 bits per heavy atom. The van der Waals surface area contributed by atoms with Crippen LogP contribution in [-0.2, 0) is 12.6 Å². The summed E-state index contributed by atoms with van der Waals surface area (Å²) < 4.78 is 38.4. The summed E-state index contributed by atoms with van der Waals surface area (Å²) >= 11 is 1.39. The van der Waals surface area contributed by atoms with Crippen molar-refractivity contribution in [3.05, 3.63) is 52.0 Å². The average molecular weight is 368 g/mol. The molecule has 1 aromatic carbocycles. The molecule has 1 saturated heterocycles. The van der Waals surface area contributed by atoms with Crippen LogP contribution in [0.4, 0.5) is 13.2 Å². The van der Waals surface area contributed by atoms with Gasteiger partial charge in [-0.1, -0.05) is 18.2 Å². The maximum atomic E-state index is 12.8. The Labute approximate surface area is 148 Å². The molecule has 0 aliphatic carbocycles. The largest absolute Gasteiger partial charge is 0.416 e. The number of benzene rings is 1. The third kappa shape index (κ3) is 4.60. The molecule has 1 aliphatic heterocycles. The molecule has 2 aromatic rings. The molecule has 0 N–H and O–H groups in total. The van der Waals surface area contributed by atoms with Crippen LogP contribution in [0, 0.1) is 5.92 Å². The Hall–Kier alpha value is -1.89. The van der Waals surface area contributed by atoms with Crippen LogP contribution in [-0.4, -0.2) is 28.9 Å². The zero-order valence-corrected chi connectivity index (χ0v) is 14.4. The fourth-order valence-corrected chi connectivity index (χ4v) is 3.77. The van der Waals surface area contributed by atoms with Gasteiger partial charge in [-0.05, 0) is 43.2 Å². The molecule has 7 heteroatoms. The standard InChI is InChI=1S/C18H19F3N2OS/c19-18(20,21)15-5-1-3-13(9-15)6-7-14-4-2-8-23(10-14)17(24)16-11-25-12-22-16/h1,3,5,9,11-12,14H,2,4,6-8,10H2. The lowest BCUT2D eigenvalue weighted by Crippen LogP contribution is -2.40. The number of alkyl halides is 3. The van der Waals surface area contributed by atoms with Gasteiger partial charge in [-0.2, -0.15) is 13.2 Å². The van der Waals surface area contributed by atoms with Gasteiger partial charge in [0.05, 0.1) is 11.1 Å². The van der Waals surface area contributed by atoms with E-state index in [0.29, 0.717) is 30.1 Å². The highest BCUT2D eigenvalue weighted by Gasteiger charge is 2.30. The quantitative estimate of drug-likeness (QED) is 0.787. The topological polar surface area (TPSA) is 33.2 Å². The molecule has 0 bridgehead atoms. The van der Waals surface area contributed by atoms with Crippen molar-refractivity contribution >= 4 is 17.2 Å². The second-order valence-corrected chi connectivity index (χ2v) is 7.09. The van der Waals surface area contributed by atoms with E-state index in [2.05, 4.69) is 4.98 Å². The van der Waals surface area contributed by atoms with E-state index in [9.17, 15) is 18.0 Å². The fourth-order valence-electron chi connectivity index (χ4n) is 3.24. The van der Waals surface area contributed by atoms with Crippen molar-refractivity contribution in [1.29, 1.82) is 0 Å². The average Bonchev–Trinajstić information content (AvgIpc) is 3.14. The smallest absolute Gasteiger partial charge is 0.337 e. The molecular formula is C18H19F3N2OS. The van der Waals surface area contributed by atoms with E-state index in [1.54, 1.807) is 17.0 Å². The number of aryl methyl sites for hydroxylation is 1. The summed E-state index contributed by atoms with van der Waals surface area (Å²) in [4.78, 5) is 18.3. The molecule has 3 rings (SSSR count). The zero-order valence-electron chi connectivity index (χ0n) is 13.6. The van der Waals surface area contributed by atoms with Crippen molar-refractivity contribution in [2.24, 2.45) is 5.92 Å². The molecule has 3 nitrogen and oxygen atoms in total. The predicted octanol–water partition coefficient (Wildman–Crippen LogP) is 4.65. The number of nitrogens with zero attached hydrogens (tertiary/aromatic N) is 2. The van der Waals surface area contributed by atoms with Crippen molar-refractivity contribution in [2.45, 2.75) is 31.9 Å². The van der Waals surface area contributed by atoms with Crippen LogP contribution in [0.2, 0.25) is 0 Å².